The molecule has 1 aliphatic carbocycles. The minimum Gasteiger partial charge on any atom is -0.465 e. The predicted molar refractivity (Wildman–Crippen MR) is 81.6 cm³/mol. The van der Waals surface area contributed by atoms with Gasteiger partial charge in [0.2, 0.25) is 0 Å². The molecule has 2 N–H and O–H groups in total. The van der Waals surface area contributed by atoms with Crippen LogP contribution < -0.4 is 5.73 Å². The highest BCUT2D eigenvalue weighted by molar-refractivity contribution is 5.82. The van der Waals surface area contributed by atoms with E-state index in [0.29, 0.717) is 19.1 Å². The van der Waals surface area contributed by atoms with Crippen LogP contribution in [-0.2, 0) is 9.53 Å². The van der Waals surface area contributed by atoms with Crippen LogP contribution in [0.15, 0.2) is 0 Å². The summed E-state index contributed by atoms with van der Waals surface area (Å²) in [5.74, 6) is 0.0636. The van der Waals surface area contributed by atoms with Crippen molar-refractivity contribution < 1.29 is 9.53 Å². The molecular formula is C15H31N3O2. The van der Waals surface area contributed by atoms with Crippen molar-refractivity contribution in [2.45, 2.75) is 38.6 Å². The molecule has 1 fully saturated rings. The van der Waals surface area contributed by atoms with E-state index in [4.69, 9.17) is 10.5 Å². The van der Waals surface area contributed by atoms with E-state index < -0.39 is 5.54 Å². The number of hydrogen-bond acceptors (Lipinski definition) is 5. The maximum atomic E-state index is 12.2. The third-order valence-corrected chi connectivity index (χ3v) is 3.85. The van der Waals surface area contributed by atoms with E-state index in [1.807, 2.05) is 6.92 Å². The maximum Gasteiger partial charge on any atom is 0.327 e. The third kappa shape index (κ3) is 5.04. The van der Waals surface area contributed by atoms with Gasteiger partial charge in [-0.25, -0.2) is 4.79 Å². The zero-order chi connectivity index (χ0) is 15.2. The summed E-state index contributed by atoms with van der Waals surface area (Å²) in [7, 11) is 4.12. The molecule has 0 aliphatic heterocycles. The first-order valence-corrected chi connectivity index (χ1v) is 7.77. The van der Waals surface area contributed by atoms with Crippen LogP contribution >= 0.6 is 0 Å². The van der Waals surface area contributed by atoms with E-state index in [9.17, 15) is 4.79 Å². The molecule has 1 unspecified atom stereocenters. The monoisotopic (exact) mass is 285 g/mol. The molecule has 0 saturated heterocycles. The number of hydrogen-bond donors (Lipinski definition) is 1. The molecular weight excluding hydrogens is 254 g/mol. The van der Waals surface area contributed by atoms with Gasteiger partial charge >= 0.3 is 5.97 Å². The van der Waals surface area contributed by atoms with E-state index in [-0.39, 0.29) is 5.97 Å². The van der Waals surface area contributed by atoms with Crippen LogP contribution in [-0.4, -0.2) is 68.2 Å². The quantitative estimate of drug-likeness (QED) is 0.605. The molecule has 5 heteroatoms. The molecule has 1 aliphatic rings. The Morgan fingerprint density at radius 2 is 1.90 bits per heavy atom. The largest absolute Gasteiger partial charge is 0.465 e. The summed E-state index contributed by atoms with van der Waals surface area (Å²) in [4.78, 5) is 16.7. The molecule has 5 nitrogen and oxygen atoms in total. The molecule has 20 heavy (non-hydrogen) atoms. The van der Waals surface area contributed by atoms with E-state index in [2.05, 4.69) is 30.8 Å². The number of carbonyl (C=O) groups is 1. The first-order valence-electron chi connectivity index (χ1n) is 7.77. The molecule has 0 radical (unpaired) electrons. The fourth-order valence-electron chi connectivity index (χ4n) is 2.52. The van der Waals surface area contributed by atoms with Gasteiger partial charge in [0, 0.05) is 19.6 Å². The normalized spacial score (nSPS) is 18.4. The fourth-order valence-corrected chi connectivity index (χ4v) is 2.52. The molecule has 1 atom stereocenters. The van der Waals surface area contributed by atoms with Gasteiger partial charge in [-0.1, -0.05) is 6.92 Å². The fraction of sp³-hybridized carbons (Fsp3) is 0.933. The minimum absolute atomic E-state index is 0.228. The average Bonchev–Trinajstić information content (AvgIpc) is 3.20. The average molecular weight is 285 g/mol. The maximum absolute atomic E-state index is 12.2. The number of carbonyl (C=O) groups excluding carboxylic acids is 1. The van der Waals surface area contributed by atoms with Crippen molar-refractivity contribution in [3.05, 3.63) is 0 Å². The molecule has 0 amide bonds. The third-order valence-electron chi connectivity index (χ3n) is 3.85. The van der Waals surface area contributed by atoms with Crippen LogP contribution in [0.5, 0.6) is 0 Å². The van der Waals surface area contributed by atoms with Crippen molar-refractivity contribution >= 4 is 5.97 Å². The summed E-state index contributed by atoms with van der Waals surface area (Å²) >= 11 is 0. The number of ether oxygens (including phenoxy) is 1. The molecule has 118 valence electrons. The lowest BCUT2D eigenvalue weighted by molar-refractivity contribution is -0.151. The molecule has 1 rings (SSSR count). The Bertz CT molecular complexity index is 305. The highest BCUT2D eigenvalue weighted by atomic mass is 16.5. The van der Waals surface area contributed by atoms with Gasteiger partial charge in [0.25, 0.3) is 0 Å². The van der Waals surface area contributed by atoms with E-state index in [0.717, 1.165) is 38.9 Å². The summed E-state index contributed by atoms with van der Waals surface area (Å²) in [5.41, 5.74) is 5.62. The topological polar surface area (TPSA) is 58.8 Å². The summed E-state index contributed by atoms with van der Waals surface area (Å²) in [5, 5.41) is 0. The summed E-state index contributed by atoms with van der Waals surface area (Å²) in [6.07, 6.45) is 3.16. The number of rotatable bonds is 10. The van der Waals surface area contributed by atoms with Gasteiger partial charge in [-0.05, 0) is 52.7 Å². The number of esters is 1. The molecule has 1 saturated carbocycles. The van der Waals surface area contributed by atoms with Crippen molar-refractivity contribution in [1.82, 2.24) is 9.80 Å². The summed E-state index contributed by atoms with van der Waals surface area (Å²) < 4.78 is 5.21. The number of likely N-dealkylation sites (N-methyl/N-ethyl adjacent to an activating group) is 1. The lowest BCUT2D eigenvalue weighted by atomic mass is 9.93. The molecule has 0 aromatic rings. The molecule has 0 aromatic carbocycles. The Morgan fingerprint density at radius 3 is 2.35 bits per heavy atom. The Hall–Kier alpha value is -0.650. The van der Waals surface area contributed by atoms with E-state index >= 15 is 0 Å². The summed E-state index contributed by atoms with van der Waals surface area (Å²) in [6, 6.07) is 0. The smallest absolute Gasteiger partial charge is 0.327 e. The SMILES string of the molecule is CCCN(CCN(C)C)CC(N)(C(=O)OCC)C1CC1. The zero-order valence-corrected chi connectivity index (χ0v) is 13.5. The van der Waals surface area contributed by atoms with Crippen molar-refractivity contribution in [3.8, 4) is 0 Å². The van der Waals surface area contributed by atoms with Gasteiger partial charge in [-0.15, -0.1) is 0 Å². The molecule has 0 bridgehead atoms. The Morgan fingerprint density at radius 1 is 1.25 bits per heavy atom. The Labute approximate surface area is 123 Å². The van der Waals surface area contributed by atoms with Crippen LogP contribution in [0.1, 0.15) is 33.1 Å². The molecule has 0 heterocycles. The van der Waals surface area contributed by atoms with Gasteiger partial charge < -0.3 is 15.4 Å². The van der Waals surface area contributed by atoms with Crippen LogP contribution in [0.4, 0.5) is 0 Å². The van der Waals surface area contributed by atoms with E-state index in [1.54, 1.807) is 0 Å². The van der Waals surface area contributed by atoms with Gasteiger partial charge in [0.05, 0.1) is 6.61 Å². The molecule has 0 spiro atoms. The first-order chi connectivity index (χ1) is 9.43. The number of nitrogens with zero attached hydrogens (tertiary/aromatic N) is 2. The molecule has 0 aromatic heterocycles. The second kappa shape index (κ2) is 7.96. The lowest BCUT2D eigenvalue weighted by Crippen LogP contribution is -2.59. The van der Waals surface area contributed by atoms with Gasteiger partial charge in [-0.3, -0.25) is 4.90 Å². The van der Waals surface area contributed by atoms with Crippen LogP contribution in [0.25, 0.3) is 0 Å². The van der Waals surface area contributed by atoms with E-state index in [1.165, 1.54) is 0 Å². The van der Waals surface area contributed by atoms with Crippen molar-refractivity contribution in [1.29, 1.82) is 0 Å². The predicted octanol–water partition coefficient (Wildman–Crippen LogP) is 0.931. The first kappa shape index (κ1) is 17.4. The van der Waals surface area contributed by atoms with Crippen molar-refractivity contribution in [2.24, 2.45) is 11.7 Å². The second-order valence-corrected chi connectivity index (χ2v) is 6.11. The van der Waals surface area contributed by atoms with Crippen molar-refractivity contribution in [2.75, 3.05) is 46.9 Å². The lowest BCUT2D eigenvalue weighted by Gasteiger charge is -2.34. The number of nitrogens with two attached hydrogens (primary N) is 1. The minimum atomic E-state index is -0.822. The standard InChI is InChI=1S/C15H31N3O2/c1-5-9-18(11-10-17(3)4)12-15(16,13-7-8-13)14(19)20-6-2/h13H,5-12,16H2,1-4H3. The second-order valence-electron chi connectivity index (χ2n) is 6.11. The van der Waals surface area contributed by atoms with Crippen molar-refractivity contribution in [3.63, 3.8) is 0 Å². The van der Waals surface area contributed by atoms with Gasteiger partial charge in [-0.2, -0.15) is 0 Å². The zero-order valence-electron chi connectivity index (χ0n) is 13.5. The van der Waals surface area contributed by atoms with Gasteiger partial charge in [0.15, 0.2) is 0 Å². The Balaban J connectivity index is 2.66. The van der Waals surface area contributed by atoms with Crippen LogP contribution in [0.3, 0.4) is 0 Å². The van der Waals surface area contributed by atoms with Crippen LogP contribution in [0.2, 0.25) is 0 Å². The highest BCUT2D eigenvalue weighted by Crippen LogP contribution is 2.39. The highest BCUT2D eigenvalue weighted by Gasteiger charge is 2.49. The van der Waals surface area contributed by atoms with Gasteiger partial charge in [0.1, 0.15) is 5.54 Å². The summed E-state index contributed by atoms with van der Waals surface area (Å²) in [6.45, 7) is 7.88. The Kier molecular flexibility index (Phi) is 6.92. The van der Waals surface area contributed by atoms with Crippen LogP contribution in [0, 0.1) is 5.92 Å².